The number of hydrogen-bond donors (Lipinski definition) is 1. The van der Waals surface area contributed by atoms with E-state index in [1.807, 2.05) is 21.9 Å². The van der Waals surface area contributed by atoms with E-state index in [-0.39, 0.29) is 18.4 Å². The fourth-order valence-corrected chi connectivity index (χ4v) is 4.19. The fraction of sp³-hybridized carbons (Fsp3) is 0.350. The molecule has 5 rings (SSSR count). The predicted molar refractivity (Wildman–Crippen MR) is 107 cm³/mol. The van der Waals surface area contributed by atoms with Gasteiger partial charge in [-0.2, -0.15) is 0 Å². The third kappa shape index (κ3) is 3.01. The number of nitrogens with one attached hydrogen (secondary N) is 1. The van der Waals surface area contributed by atoms with Crippen molar-refractivity contribution in [3.8, 4) is 0 Å². The largest absolute Gasteiger partial charge is 0.449 e. The summed E-state index contributed by atoms with van der Waals surface area (Å²) in [7, 11) is 0. The van der Waals surface area contributed by atoms with Crippen LogP contribution >= 0.6 is 12.4 Å². The molecule has 1 aliphatic carbocycles. The number of anilines is 2. The molecule has 0 bridgehead atoms. The summed E-state index contributed by atoms with van der Waals surface area (Å²) in [4.78, 5) is 20.6. The number of aliphatic imine (C=N–C) groups is 1. The van der Waals surface area contributed by atoms with Gasteiger partial charge >= 0.3 is 0 Å². The molecule has 7 heteroatoms. The van der Waals surface area contributed by atoms with E-state index in [1.165, 1.54) is 11.1 Å². The lowest BCUT2D eigenvalue weighted by molar-refractivity contribution is 0.428. The number of aryl methyl sites for hydroxylation is 1. The van der Waals surface area contributed by atoms with Crippen LogP contribution in [0.1, 0.15) is 30.0 Å². The van der Waals surface area contributed by atoms with Crippen LogP contribution < -0.4 is 10.2 Å². The van der Waals surface area contributed by atoms with E-state index in [4.69, 9.17) is 9.41 Å². The van der Waals surface area contributed by atoms with E-state index in [2.05, 4.69) is 29.5 Å². The Bertz CT molecular complexity index is 918. The fourth-order valence-electron chi connectivity index (χ4n) is 4.19. The Morgan fingerprint density at radius 1 is 1.22 bits per heavy atom. The first kappa shape index (κ1) is 17.7. The summed E-state index contributed by atoms with van der Waals surface area (Å²) in [5, 5.41) is 3.45. The molecule has 1 aromatic heterocycles. The minimum Gasteiger partial charge on any atom is -0.449 e. The summed E-state index contributed by atoms with van der Waals surface area (Å²) in [6.07, 6.45) is 4.98. The second-order valence-electron chi connectivity index (χ2n) is 6.94. The molecule has 0 saturated carbocycles. The number of halogens is 1. The zero-order chi connectivity index (χ0) is 17.5. The summed E-state index contributed by atoms with van der Waals surface area (Å²) in [5.41, 5.74) is 4.42. The monoisotopic (exact) mass is 384 g/mol. The van der Waals surface area contributed by atoms with E-state index in [0.717, 1.165) is 43.3 Å². The third-order valence-electron chi connectivity index (χ3n) is 5.43. The number of rotatable bonds is 1. The van der Waals surface area contributed by atoms with Crippen molar-refractivity contribution in [2.24, 2.45) is 4.99 Å². The molecule has 2 aliphatic heterocycles. The van der Waals surface area contributed by atoms with Gasteiger partial charge in [-0.05, 0) is 37.0 Å². The third-order valence-corrected chi connectivity index (χ3v) is 5.43. The van der Waals surface area contributed by atoms with Crippen molar-refractivity contribution in [3.63, 3.8) is 0 Å². The van der Waals surface area contributed by atoms with Gasteiger partial charge in [0.2, 0.25) is 5.96 Å². The first-order valence-corrected chi connectivity index (χ1v) is 9.10. The van der Waals surface area contributed by atoms with E-state index >= 15 is 0 Å². The van der Waals surface area contributed by atoms with Crippen LogP contribution in [0, 0.1) is 0 Å². The van der Waals surface area contributed by atoms with Gasteiger partial charge in [0.05, 0.1) is 18.8 Å². The van der Waals surface area contributed by atoms with Crippen molar-refractivity contribution in [1.82, 2.24) is 4.90 Å². The maximum atomic E-state index is 11.6. The van der Waals surface area contributed by atoms with Crippen LogP contribution in [0.25, 0.3) is 0 Å². The molecule has 3 heterocycles. The zero-order valence-electron chi connectivity index (χ0n) is 14.9. The maximum absolute atomic E-state index is 11.6. The molecule has 1 saturated heterocycles. The molecule has 2 aromatic rings. The molecule has 0 radical (unpaired) electrons. The van der Waals surface area contributed by atoms with Crippen molar-refractivity contribution < 1.29 is 9.21 Å². The Balaban J connectivity index is 0.00000180. The average molecular weight is 385 g/mol. The maximum Gasteiger partial charge on any atom is 0.204 e. The van der Waals surface area contributed by atoms with Gasteiger partial charge in [0, 0.05) is 30.4 Å². The number of hydrogen-bond acceptors (Lipinski definition) is 6. The van der Waals surface area contributed by atoms with Gasteiger partial charge in [-0.1, -0.05) is 12.1 Å². The molecule has 3 aliphatic rings. The topological polar surface area (TPSA) is 61.1 Å². The minimum absolute atomic E-state index is 0. The molecule has 6 nitrogen and oxygen atoms in total. The van der Waals surface area contributed by atoms with E-state index < -0.39 is 0 Å². The lowest BCUT2D eigenvalue weighted by atomic mass is 9.86. The summed E-state index contributed by atoms with van der Waals surface area (Å²) in [6, 6.07) is 10.4. The first-order valence-electron chi connectivity index (χ1n) is 9.10. The lowest BCUT2D eigenvalue weighted by Gasteiger charge is -2.39. The van der Waals surface area contributed by atoms with Crippen molar-refractivity contribution in [3.05, 3.63) is 53.4 Å². The molecular formula is C20H21ClN4O2. The zero-order valence-corrected chi connectivity index (χ0v) is 15.7. The average Bonchev–Trinajstić information content (AvgIpc) is 3.23. The number of piperazine rings is 1. The minimum atomic E-state index is 0. The van der Waals surface area contributed by atoms with Gasteiger partial charge in [-0.15, -0.1) is 12.4 Å². The van der Waals surface area contributed by atoms with Gasteiger partial charge in [0.1, 0.15) is 11.6 Å². The highest BCUT2D eigenvalue weighted by molar-refractivity contribution is 5.98. The highest BCUT2D eigenvalue weighted by atomic mass is 35.5. The van der Waals surface area contributed by atoms with E-state index in [0.29, 0.717) is 18.8 Å². The Morgan fingerprint density at radius 2 is 2.15 bits per heavy atom. The SMILES string of the molecule is Cl.O=C=C1CN(c2ccco2)CCN1C1=NC2CCCc3cccc(c32)N1. The molecule has 27 heavy (non-hydrogen) atoms. The second-order valence-corrected chi connectivity index (χ2v) is 6.94. The normalized spacial score (nSPS) is 20.8. The molecule has 1 fully saturated rings. The van der Waals surface area contributed by atoms with Crippen LogP contribution in [0.5, 0.6) is 0 Å². The van der Waals surface area contributed by atoms with Crippen LogP contribution in [0.2, 0.25) is 0 Å². The van der Waals surface area contributed by atoms with Crippen LogP contribution in [0.15, 0.2) is 51.7 Å². The molecule has 1 unspecified atom stereocenters. The number of furan rings is 1. The summed E-state index contributed by atoms with van der Waals surface area (Å²) in [5.74, 6) is 3.65. The number of guanidine groups is 1. The van der Waals surface area contributed by atoms with E-state index in [9.17, 15) is 4.79 Å². The van der Waals surface area contributed by atoms with Crippen molar-refractivity contribution >= 4 is 35.9 Å². The molecule has 1 aromatic carbocycles. The molecule has 0 amide bonds. The lowest BCUT2D eigenvalue weighted by Crippen LogP contribution is -2.50. The summed E-state index contributed by atoms with van der Waals surface area (Å²) >= 11 is 0. The van der Waals surface area contributed by atoms with Crippen LogP contribution in [-0.4, -0.2) is 36.4 Å². The van der Waals surface area contributed by atoms with Gasteiger partial charge in [-0.25, -0.2) is 9.79 Å². The summed E-state index contributed by atoms with van der Waals surface area (Å²) in [6.45, 7) is 1.89. The van der Waals surface area contributed by atoms with Crippen LogP contribution in [-0.2, 0) is 11.2 Å². The summed E-state index contributed by atoms with van der Waals surface area (Å²) < 4.78 is 5.47. The second kappa shape index (κ2) is 7.14. The molecule has 140 valence electrons. The van der Waals surface area contributed by atoms with Gasteiger partial charge in [0.25, 0.3) is 0 Å². The Hall–Kier alpha value is -2.69. The number of nitrogens with zero attached hydrogens (tertiary/aromatic N) is 3. The van der Waals surface area contributed by atoms with Crippen molar-refractivity contribution in [2.45, 2.75) is 25.3 Å². The van der Waals surface area contributed by atoms with Gasteiger partial charge < -0.3 is 19.5 Å². The smallest absolute Gasteiger partial charge is 0.204 e. The molecular weight excluding hydrogens is 364 g/mol. The molecule has 0 spiro atoms. The highest BCUT2D eigenvalue weighted by Crippen LogP contribution is 2.40. The molecule has 1 atom stereocenters. The van der Waals surface area contributed by atoms with Crippen molar-refractivity contribution in [1.29, 1.82) is 0 Å². The highest BCUT2D eigenvalue weighted by Gasteiger charge is 2.32. The Kier molecular flexibility index (Phi) is 4.68. The van der Waals surface area contributed by atoms with Crippen LogP contribution in [0.4, 0.5) is 11.6 Å². The predicted octanol–water partition coefficient (Wildman–Crippen LogP) is 3.40. The van der Waals surface area contributed by atoms with Gasteiger partial charge in [-0.3, -0.25) is 0 Å². The Labute approximate surface area is 164 Å². The van der Waals surface area contributed by atoms with E-state index in [1.54, 1.807) is 6.26 Å². The van der Waals surface area contributed by atoms with Gasteiger partial charge in [0.15, 0.2) is 5.88 Å². The van der Waals surface area contributed by atoms with Crippen molar-refractivity contribution in [2.75, 3.05) is 29.9 Å². The van der Waals surface area contributed by atoms with Crippen LogP contribution in [0.3, 0.4) is 0 Å². The quantitative estimate of drug-likeness (QED) is 0.763. The molecule has 1 N–H and O–H groups in total. The number of benzene rings is 1. The Morgan fingerprint density at radius 3 is 2.96 bits per heavy atom. The standard InChI is InChI=1S/C20H20N4O2.ClH/c25-13-15-12-23(18-8-3-11-26-18)9-10-24(15)20-21-16-6-1-4-14-5-2-7-17(22-20)19(14)16;/h1,3-4,6,8,11,17H,2,5,7,9-10,12H2,(H,21,22);1H. The first-order chi connectivity index (χ1) is 12.8. The number of carbonyl (C=O) groups excluding carboxylic acids is 1.